The molecular weight excluding hydrogens is 196 g/mol. The zero-order chi connectivity index (χ0) is 10.5. The van der Waals surface area contributed by atoms with E-state index in [2.05, 4.69) is 0 Å². The zero-order valence-electron chi connectivity index (χ0n) is 7.48. The standard InChI is InChI=1S/C7H15FNO3P/c1-2-6(8)7(10)13(11,12)5-3-4-9/h2,7,10H,3-5,9H2,1H3,(H,11,12)/b6-2-. The summed E-state index contributed by atoms with van der Waals surface area (Å²) in [6.07, 6.45) is 1.10. The van der Waals surface area contributed by atoms with Crippen molar-refractivity contribution >= 4 is 7.37 Å². The molecule has 0 saturated carbocycles. The van der Waals surface area contributed by atoms with Crippen LogP contribution in [0.25, 0.3) is 0 Å². The minimum absolute atomic E-state index is 0.161. The number of hydrogen-bond donors (Lipinski definition) is 3. The molecule has 13 heavy (non-hydrogen) atoms. The van der Waals surface area contributed by atoms with Crippen molar-refractivity contribution in [1.29, 1.82) is 0 Å². The van der Waals surface area contributed by atoms with Gasteiger partial charge in [0.25, 0.3) is 0 Å². The Balaban J connectivity index is 4.36. The van der Waals surface area contributed by atoms with Crippen LogP contribution < -0.4 is 5.73 Å². The first-order valence-corrected chi connectivity index (χ1v) is 5.88. The lowest BCUT2D eigenvalue weighted by atomic mass is 10.5. The lowest BCUT2D eigenvalue weighted by molar-refractivity contribution is 0.233. The Kier molecular flexibility index (Phi) is 5.40. The van der Waals surface area contributed by atoms with Gasteiger partial charge < -0.3 is 15.7 Å². The van der Waals surface area contributed by atoms with Gasteiger partial charge in [0.15, 0.2) is 5.85 Å². The average molecular weight is 211 g/mol. The van der Waals surface area contributed by atoms with Crippen molar-refractivity contribution in [2.75, 3.05) is 12.7 Å². The molecule has 0 aliphatic carbocycles. The summed E-state index contributed by atoms with van der Waals surface area (Å²) in [6.45, 7) is 1.59. The van der Waals surface area contributed by atoms with Gasteiger partial charge in [-0.3, -0.25) is 4.57 Å². The van der Waals surface area contributed by atoms with E-state index in [0.717, 1.165) is 6.08 Å². The monoisotopic (exact) mass is 211 g/mol. The van der Waals surface area contributed by atoms with Gasteiger partial charge in [-0.15, -0.1) is 0 Å². The largest absolute Gasteiger partial charge is 0.376 e. The third-order valence-electron chi connectivity index (χ3n) is 1.59. The molecule has 6 heteroatoms. The maximum atomic E-state index is 12.7. The minimum atomic E-state index is -3.84. The highest BCUT2D eigenvalue weighted by Crippen LogP contribution is 2.48. The van der Waals surface area contributed by atoms with Crippen LogP contribution >= 0.6 is 7.37 Å². The van der Waals surface area contributed by atoms with E-state index in [4.69, 9.17) is 10.8 Å². The molecule has 0 radical (unpaired) electrons. The van der Waals surface area contributed by atoms with Crippen molar-refractivity contribution in [2.24, 2.45) is 5.73 Å². The molecule has 0 aromatic carbocycles. The summed E-state index contributed by atoms with van der Waals surface area (Å²) >= 11 is 0. The first-order valence-electron chi connectivity index (χ1n) is 3.97. The van der Waals surface area contributed by atoms with Crippen LogP contribution in [-0.4, -0.2) is 28.6 Å². The first kappa shape index (κ1) is 12.8. The van der Waals surface area contributed by atoms with Gasteiger partial charge in [-0.2, -0.15) is 0 Å². The second kappa shape index (κ2) is 5.50. The van der Waals surface area contributed by atoms with Crippen molar-refractivity contribution in [1.82, 2.24) is 0 Å². The van der Waals surface area contributed by atoms with Gasteiger partial charge in [0.1, 0.15) is 5.83 Å². The van der Waals surface area contributed by atoms with E-state index < -0.39 is 19.0 Å². The maximum absolute atomic E-state index is 12.7. The fourth-order valence-corrected chi connectivity index (χ4v) is 2.20. The van der Waals surface area contributed by atoms with Gasteiger partial charge in [-0.25, -0.2) is 4.39 Å². The molecule has 0 fully saturated rings. The smallest absolute Gasteiger partial charge is 0.235 e. The van der Waals surface area contributed by atoms with E-state index in [1.54, 1.807) is 0 Å². The van der Waals surface area contributed by atoms with Crippen molar-refractivity contribution in [3.63, 3.8) is 0 Å². The summed E-state index contributed by atoms with van der Waals surface area (Å²) in [5, 5.41) is 9.07. The van der Waals surface area contributed by atoms with E-state index in [-0.39, 0.29) is 12.7 Å². The molecule has 0 rings (SSSR count). The number of aliphatic hydroxyl groups is 1. The molecule has 0 spiro atoms. The van der Waals surface area contributed by atoms with Crippen molar-refractivity contribution in [3.8, 4) is 0 Å². The highest BCUT2D eigenvalue weighted by Gasteiger charge is 2.31. The molecule has 4 N–H and O–H groups in total. The number of nitrogens with two attached hydrogens (primary N) is 1. The van der Waals surface area contributed by atoms with Crippen LogP contribution in [0.1, 0.15) is 13.3 Å². The first-order chi connectivity index (χ1) is 5.95. The van der Waals surface area contributed by atoms with Gasteiger partial charge in [0.05, 0.1) is 0 Å². The van der Waals surface area contributed by atoms with Crippen LogP contribution in [-0.2, 0) is 4.57 Å². The maximum Gasteiger partial charge on any atom is 0.235 e. The second-order valence-electron chi connectivity index (χ2n) is 2.67. The fraction of sp³-hybridized carbons (Fsp3) is 0.714. The summed E-state index contributed by atoms with van der Waals surface area (Å²) in [5.74, 6) is -2.87. The Morgan fingerprint density at radius 2 is 2.31 bits per heavy atom. The summed E-state index contributed by atoms with van der Waals surface area (Å²) in [6, 6.07) is 0. The van der Waals surface area contributed by atoms with E-state index >= 15 is 0 Å². The number of allylic oxidation sites excluding steroid dienone is 1. The Labute approximate surface area is 76.7 Å². The Morgan fingerprint density at radius 3 is 2.69 bits per heavy atom. The summed E-state index contributed by atoms with van der Waals surface area (Å²) in [4.78, 5) is 9.18. The highest BCUT2D eigenvalue weighted by atomic mass is 31.2. The molecule has 0 aliphatic rings. The minimum Gasteiger partial charge on any atom is -0.376 e. The molecule has 2 unspecified atom stereocenters. The van der Waals surface area contributed by atoms with Gasteiger partial charge in [-0.05, 0) is 19.9 Å². The Bertz CT molecular complexity index is 232. The highest BCUT2D eigenvalue weighted by molar-refractivity contribution is 7.58. The summed E-state index contributed by atoms with van der Waals surface area (Å²) < 4.78 is 23.9. The molecule has 4 nitrogen and oxygen atoms in total. The van der Waals surface area contributed by atoms with E-state index in [1.165, 1.54) is 6.92 Å². The summed E-state index contributed by atoms with van der Waals surface area (Å²) in [5.41, 5.74) is 5.12. The van der Waals surface area contributed by atoms with Gasteiger partial charge in [0.2, 0.25) is 7.37 Å². The SMILES string of the molecule is C/C=C(\F)C(O)P(=O)(O)CCCN. The fourth-order valence-electron chi connectivity index (χ4n) is 0.782. The van der Waals surface area contributed by atoms with Crippen LogP contribution in [0.3, 0.4) is 0 Å². The lowest BCUT2D eigenvalue weighted by Crippen LogP contribution is -2.12. The number of aliphatic hydroxyl groups excluding tert-OH is 1. The van der Waals surface area contributed by atoms with Gasteiger partial charge in [0, 0.05) is 6.16 Å². The molecule has 0 aromatic heterocycles. The van der Waals surface area contributed by atoms with E-state index in [9.17, 15) is 13.8 Å². The average Bonchev–Trinajstić information content (AvgIpc) is 2.12. The third-order valence-corrected chi connectivity index (χ3v) is 3.56. The molecule has 0 bridgehead atoms. The molecule has 78 valence electrons. The van der Waals surface area contributed by atoms with Crippen LogP contribution in [0, 0.1) is 0 Å². The van der Waals surface area contributed by atoms with Crippen molar-refractivity contribution < 1.29 is 19.0 Å². The Morgan fingerprint density at radius 1 is 1.77 bits per heavy atom. The number of rotatable bonds is 5. The Hall–Kier alpha value is -0.220. The summed E-state index contributed by atoms with van der Waals surface area (Å²) in [7, 11) is -3.84. The van der Waals surface area contributed by atoms with E-state index in [0.29, 0.717) is 6.42 Å². The van der Waals surface area contributed by atoms with Crippen molar-refractivity contribution in [3.05, 3.63) is 11.9 Å². The number of halogens is 1. The van der Waals surface area contributed by atoms with Gasteiger partial charge >= 0.3 is 0 Å². The van der Waals surface area contributed by atoms with Crippen LogP contribution in [0.15, 0.2) is 11.9 Å². The number of hydrogen-bond acceptors (Lipinski definition) is 3. The molecule has 0 aliphatic heterocycles. The van der Waals surface area contributed by atoms with Gasteiger partial charge in [-0.1, -0.05) is 6.08 Å². The predicted octanol–water partition coefficient (Wildman–Crippen LogP) is 0.797. The molecule has 0 aromatic rings. The molecule has 0 heterocycles. The van der Waals surface area contributed by atoms with Crippen LogP contribution in [0.2, 0.25) is 0 Å². The zero-order valence-corrected chi connectivity index (χ0v) is 8.38. The second-order valence-corrected chi connectivity index (χ2v) is 5.12. The normalized spacial score (nSPS) is 19.6. The van der Waals surface area contributed by atoms with E-state index in [1.807, 2.05) is 0 Å². The topological polar surface area (TPSA) is 83.5 Å². The van der Waals surface area contributed by atoms with Crippen LogP contribution in [0.5, 0.6) is 0 Å². The molecule has 0 saturated heterocycles. The van der Waals surface area contributed by atoms with Crippen molar-refractivity contribution in [2.45, 2.75) is 19.2 Å². The lowest BCUT2D eigenvalue weighted by Gasteiger charge is -2.15. The third kappa shape index (κ3) is 4.00. The molecule has 2 atom stereocenters. The predicted molar refractivity (Wildman–Crippen MR) is 49.2 cm³/mol. The van der Waals surface area contributed by atoms with Crippen LogP contribution in [0.4, 0.5) is 4.39 Å². The quantitative estimate of drug-likeness (QED) is 0.587. The molecule has 0 amide bonds. The molecular formula is C7H15FNO3P.